The number of benzene rings is 4. The highest BCUT2D eigenvalue weighted by Crippen LogP contribution is 2.36. The first-order valence-electron chi connectivity index (χ1n) is 11.4. The number of nitrogens with one attached hydrogen (secondary N) is 2. The number of anilines is 2. The summed E-state index contributed by atoms with van der Waals surface area (Å²) in [5.41, 5.74) is 1.11. The Labute approximate surface area is 222 Å². The molecular formula is C29H22N2O6S. The van der Waals surface area contributed by atoms with Crippen molar-refractivity contribution >= 4 is 46.9 Å². The molecule has 0 aliphatic heterocycles. The molecule has 0 saturated carbocycles. The summed E-state index contributed by atoms with van der Waals surface area (Å²) in [6, 6.07) is 28.6. The Balaban J connectivity index is 1.50. The summed E-state index contributed by atoms with van der Waals surface area (Å²) in [5.74, 6) is -3.58. The van der Waals surface area contributed by atoms with E-state index in [1.54, 1.807) is 24.3 Å². The average Bonchev–Trinajstić information content (AvgIpc) is 2.93. The van der Waals surface area contributed by atoms with Gasteiger partial charge in [0, 0.05) is 16.3 Å². The van der Waals surface area contributed by atoms with Crippen molar-refractivity contribution in [3.63, 3.8) is 0 Å². The zero-order chi connectivity index (χ0) is 27.1. The minimum atomic E-state index is -1.41. The molecule has 1 unspecified atom stereocenters. The molecule has 4 rings (SSSR count). The maximum Gasteiger partial charge on any atom is 0.336 e. The summed E-state index contributed by atoms with van der Waals surface area (Å²) in [4.78, 5) is 49.4. The summed E-state index contributed by atoms with van der Waals surface area (Å²) < 4.78 is 0. The van der Waals surface area contributed by atoms with Crippen LogP contribution in [0.15, 0.2) is 108 Å². The minimum Gasteiger partial charge on any atom is -0.478 e. The molecule has 0 saturated heterocycles. The van der Waals surface area contributed by atoms with Gasteiger partial charge in [-0.2, -0.15) is 0 Å². The molecular weight excluding hydrogens is 504 g/mol. The highest BCUT2D eigenvalue weighted by molar-refractivity contribution is 8.00. The molecule has 4 aromatic carbocycles. The van der Waals surface area contributed by atoms with E-state index >= 15 is 0 Å². The van der Waals surface area contributed by atoms with E-state index in [0.29, 0.717) is 11.4 Å². The van der Waals surface area contributed by atoms with Crippen molar-refractivity contribution in [3.8, 4) is 0 Å². The number of hydrogen-bond donors (Lipinski definition) is 4. The smallest absolute Gasteiger partial charge is 0.336 e. The predicted molar refractivity (Wildman–Crippen MR) is 145 cm³/mol. The lowest BCUT2D eigenvalue weighted by Gasteiger charge is -2.17. The number of amides is 2. The lowest BCUT2D eigenvalue weighted by molar-refractivity contribution is -0.115. The van der Waals surface area contributed by atoms with E-state index in [2.05, 4.69) is 10.6 Å². The van der Waals surface area contributed by atoms with Gasteiger partial charge in [-0.15, -0.1) is 11.8 Å². The van der Waals surface area contributed by atoms with E-state index in [1.165, 1.54) is 23.9 Å². The van der Waals surface area contributed by atoms with Crippen LogP contribution in [0.1, 0.15) is 41.9 Å². The van der Waals surface area contributed by atoms with Gasteiger partial charge in [0.05, 0.1) is 16.7 Å². The van der Waals surface area contributed by atoms with Crippen LogP contribution in [0, 0.1) is 0 Å². The van der Waals surface area contributed by atoms with E-state index in [4.69, 9.17) is 5.11 Å². The van der Waals surface area contributed by atoms with E-state index in [1.807, 2.05) is 60.7 Å². The fourth-order valence-corrected chi connectivity index (χ4v) is 4.66. The number of carbonyl (C=O) groups excluding carboxylic acids is 2. The quantitative estimate of drug-likeness (QED) is 0.202. The third-order valence-electron chi connectivity index (χ3n) is 5.49. The van der Waals surface area contributed by atoms with Gasteiger partial charge in [-0.1, -0.05) is 48.5 Å². The fraction of sp³-hybridized carbons (Fsp3) is 0.0345. The first kappa shape index (κ1) is 26.2. The van der Waals surface area contributed by atoms with Gasteiger partial charge in [0.2, 0.25) is 5.91 Å². The number of hydrogen-bond acceptors (Lipinski definition) is 5. The Morgan fingerprint density at radius 3 is 1.84 bits per heavy atom. The van der Waals surface area contributed by atoms with Crippen LogP contribution < -0.4 is 10.6 Å². The summed E-state index contributed by atoms with van der Waals surface area (Å²) in [6.45, 7) is 0. The number of rotatable bonds is 9. The molecule has 38 heavy (non-hydrogen) atoms. The van der Waals surface area contributed by atoms with E-state index in [9.17, 15) is 24.3 Å². The first-order chi connectivity index (χ1) is 18.3. The van der Waals surface area contributed by atoms with Gasteiger partial charge in [0.15, 0.2) is 0 Å². The van der Waals surface area contributed by atoms with Crippen molar-refractivity contribution in [1.82, 2.24) is 0 Å². The van der Waals surface area contributed by atoms with Crippen molar-refractivity contribution in [1.29, 1.82) is 0 Å². The summed E-state index contributed by atoms with van der Waals surface area (Å²) in [7, 11) is 0. The van der Waals surface area contributed by atoms with Gasteiger partial charge >= 0.3 is 11.9 Å². The predicted octanol–water partition coefficient (Wildman–Crippen LogP) is 5.81. The number of carbonyl (C=O) groups is 4. The zero-order valence-electron chi connectivity index (χ0n) is 19.8. The van der Waals surface area contributed by atoms with Crippen LogP contribution in [0.3, 0.4) is 0 Å². The number of aromatic carboxylic acids is 2. The summed E-state index contributed by atoms with van der Waals surface area (Å²) in [6.07, 6.45) is 0. The number of carboxylic acid groups (broad SMARTS) is 2. The lowest BCUT2D eigenvalue weighted by Crippen LogP contribution is -2.19. The molecule has 9 heteroatoms. The van der Waals surface area contributed by atoms with Crippen LogP contribution in [0.5, 0.6) is 0 Å². The number of carboxylic acids is 2. The second kappa shape index (κ2) is 11.9. The molecule has 1 atom stereocenters. The van der Waals surface area contributed by atoms with Gasteiger partial charge in [0.1, 0.15) is 5.25 Å². The Kier molecular flexibility index (Phi) is 8.20. The van der Waals surface area contributed by atoms with Crippen molar-refractivity contribution in [2.24, 2.45) is 0 Å². The molecule has 0 aromatic heterocycles. The fourth-order valence-electron chi connectivity index (χ4n) is 3.63. The normalized spacial score (nSPS) is 11.3. The van der Waals surface area contributed by atoms with Crippen LogP contribution in [-0.4, -0.2) is 34.0 Å². The molecule has 4 aromatic rings. The van der Waals surface area contributed by atoms with Gasteiger partial charge in [-0.3, -0.25) is 9.59 Å². The van der Waals surface area contributed by atoms with Gasteiger partial charge in [0.25, 0.3) is 5.91 Å². The average molecular weight is 527 g/mol. The Bertz CT molecular complexity index is 1470. The molecule has 2 amide bonds. The Morgan fingerprint density at radius 2 is 1.24 bits per heavy atom. The largest absolute Gasteiger partial charge is 0.478 e. The van der Waals surface area contributed by atoms with Crippen LogP contribution in [-0.2, 0) is 4.79 Å². The van der Waals surface area contributed by atoms with Crippen molar-refractivity contribution in [2.75, 3.05) is 10.6 Å². The van der Waals surface area contributed by atoms with E-state index in [0.717, 1.165) is 16.5 Å². The number of thioether (sulfide) groups is 1. The van der Waals surface area contributed by atoms with Crippen molar-refractivity contribution in [3.05, 3.63) is 125 Å². The van der Waals surface area contributed by atoms with E-state index < -0.39 is 28.7 Å². The monoisotopic (exact) mass is 526 g/mol. The lowest BCUT2D eigenvalue weighted by atomic mass is 10.0. The topological polar surface area (TPSA) is 133 Å². The van der Waals surface area contributed by atoms with Gasteiger partial charge in [-0.25, -0.2) is 9.59 Å². The van der Waals surface area contributed by atoms with Crippen LogP contribution in [0.4, 0.5) is 11.4 Å². The highest BCUT2D eigenvalue weighted by atomic mass is 32.2. The molecule has 0 aliphatic rings. The second-order valence-electron chi connectivity index (χ2n) is 8.11. The maximum atomic E-state index is 13.2. The Hall–Kier alpha value is -4.89. The van der Waals surface area contributed by atoms with Crippen LogP contribution in [0.25, 0.3) is 0 Å². The third-order valence-corrected chi connectivity index (χ3v) is 6.76. The number of para-hydroxylation sites is 1. The zero-order valence-corrected chi connectivity index (χ0v) is 20.6. The molecule has 4 N–H and O–H groups in total. The molecule has 0 radical (unpaired) electrons. The van der Waals surface area contributed by atoms with Gasteiger partial charge in [-0.05, 0) is 60.2 Å². The second-order valence-corrected chi connectivity index (χ2v) is 9.29. The summed E-state index contributed by atoms with van der Waals surface area (Å²) in [5, 5.41) is 23.6. The standard InChI is InChI=1S/C29H22N2O6S/c32-26(23-16-11-19(28(34)35)17-24(23)29(36)37)30-21-12-14-22(15-13-21)38-25(18-7-3-1-4-8-18)27(33)31-20-9-5-2-6-10-20/h1-17,25H,(H,30,32)(H,31,33)(H,34,35)(H,36,37). The molecule has 0 heterocycles. The highest BCUT2D eigenvalue weighted by Gasteiger charge is 2.23. The Morgan fingerprint density at radius 1 is 0.632 bits per heavy atom. The maximum absolute atomic E-state index is 13.2. The molecule has 0 fully saturated rings. The molecule has 0 bridgehead atoms. The van der Waals surface area contributed by atoms with Crippen molar-refractivity contribution in [2.45, 2.75) is 10.1 Å². The molecule has 190 valence electrons. The molecule has 8 nitrogen and oxygen atoms in total. The molecule has 0 spiro atoms. The van der Waals surface area contributed by atoms with Gasteiger partial charge < -0.3 is 20.8 Å². The molecule has 0 aliphatic carbocycles. The van der Waals surface area contributed by atoms with Crippen LogP contribution in [0.2, 0.25) is 0 Å². The van der Waals surface area contributed by atoms with Crippen molar-refractivity contribution < 1.29 is 29.4 Å². The minimum absolute atomic E-state index is 0.164. The van der Waals surface area contributed by atoms with E-state index in [-0.39, 0.29) is 17.0 Å². The van der Waals surface area contributed by atoms with Crippen LogP contribution >= 0.6 is 11.8 Å². The first-order valence-corrected chi connectivity index (χ1v) is 12.3. The summed E-state index contributed by atoms with van der Waals surface area (Å²) >= 11 is 1.35. The SMILES string of the molecule is O=C(O)c1ccc(C(=O)Nc2ccc(SC(C(=O)Nc3ccccc3)c3ccccc3)cc2)c(C(=O)O)c1. The third kappa shape index (κ3) is 6.45.